The fourth-order valence-corrected chi connectivity index (χ4v) is 4.46. The van der Waals surface area contributed by atoms with Gasteiger partial charge in [-0.25, -0.2) is 9.07 Å². The Balaban J connectivity index is 1.65. The Morgan fingerprint density at radius 1 is 1.19 bits per heavy atom. The van der Waals surface area contributed by atoms with Crippen LogP contribution in [0.2, 0.25) is 5.02 Å². The van der Waals surface area contributed by atoms with Crippen LogP contribution in [0, 0.1) is 12.7 Å². The number of carbonyl (C=O) groups excluding carboxylic acids is 1. The summed E-state index contributed by atoms with van der Waals surface area (Å²) in [6.07, 6.45) is -4.66. The maximum absolute atomic E-state index is 13.4. The molecule has 2 atom stereocenters. The molecule has 31 heavy (non-hydrogen) atoms. The summed E-state index contributed by atoms with van der Waals surface area (Å²) in [6, 6.07) is 8.10. The van der Waals surface area contributed by atoms with Crippen molar-refractivity contribution in [2.45, 2.75) is 29.5 Å². The minimum atomic E-state index is -4.66. The fraction of sp³-hybridized carbons (Fsp3) is 0.211. The van der Waals surface area contributed by atoms with E-state index in [4.69, 9.17) is 11.6 Å². The monoisotopic (exact) mass is 471 g/mol. The molecule has 1 amide bonds. The lowest BCUT2D eigenvalue weighted by atomic mass is 10.0. The second-order valence-corrected chi connectivity index (χ2v) is 8.26. The van der Waals surface area contributed by atoms with Crippen LogP contribution >= 0.6 is 23.4 Å². The van der Waals surface area contributed by atoms with Gasteiger partial charge in [0.15, 0.2) is 0 Å². The van der Waals surface area contributed by atoms with Crippen LogP contribution in [-0.2, 0) is 11.0 Å². The predicted molar refractivity (Wildman–Crippen MR) is 108 cm³/mol. The van der Waals surface area contributed by atoms with E-state index in [-0.39, 0.29) is 5.69 Å². The first kappa shape index (κ1) is 21.4. The van der Waals surface area contributed by atoms with Crippen molar-refractivity contribution in [3.8, 4) is 0 Å². The Kier molecular flexibility index (Phi) is 5.56. The van der Waals surface area contributed by atoms with Crippen molar-refractivity contribution in [3.05, 3.63) is 70.3 Å². The predicted octanol–water partition coefficient (Wildman–Crippen LogP) is 4.80. The highest BCUT2D eigenvalue weighted by molar-refractivity contribution is 8.00. The highest BCUT2D eigenvalue weighted by atomic mass is 35.5. The Bertz CT molecular complexity index is 1140. The Morgan fingerprint density at radius 2 is 1.90 bits per heavy atom. The molecule has 6 nitrogen and oxygen atoms in total. The molecule has 2 N–H and O–H groups in total. The van der Waals surface area contributed by atoms with Crippen LogP contribution < -0.4 is 10.7 Å². The lowest BCUT2D eigenvalue weighted by Crippen LogP contribution is -2.41. The fourth-order valence-electron chi connectivity index (χ4n) is 3.11. The minimum Gasteiger partial charge on any atom is -0.325 e. The third kappa shape index (κ3) is 4.33. The first-order valence-electron chi connectivity index (χ1n) is 8.92. The van der Waals surface area contributed by atoms with E-state index in [1.807, 2.05) is 0 Å². The normalized spacial score (nSPS) is 18.3. The maximum Gasteiger partial charge on any atom is 0.417 e. The number of hydrogen-bond donors (Lipinski definition) is 2. The smallest absolute Gasteiger partial charge is 0.325 e. The van der Waals surface area contributed by atoms with Crippen molar-refractivity contribution in [2.75, 3.05) is 10.7 Å². The van der Waals surface area contributed by atoms with E-state index >= 15 is 0 Å². The van der Waals surface area contributed by atoms with Crippen molar-refractivity contribution < 1.29 is 22.4 Å². The van der Waals surface area contributed by atoms with Gasteiger partial charge in [-0.15, -0.1) is 10.2 Å². The molecule has 0 radical (unpaired) electrons. The van der Waals surface area contributed by atoms with Gasteiger partial charge in [0.05, 0.1) is 16.6 Å². The van der Waals surface area contributed by atoms with Crippen LogP contribution in [0.4, 0.5) is 23.2 Å². The summed E-state index contributed by atoms with van der Waals surface area (Å²) in [5.41, 5.74) is 2.64. The molecule has 0 unspecified atom stereocenters. The average molecular weight is 472 g/mol. The van der Waals surface area contributed by atoms with Gasteiger partial charge < -0.3 is 10.7 Å². The largest absolute Gasteiger partial charge is 0.417 e. The average Bonchev–Trinajstić information content (AvgIpc) is 3.08. The number of rotatable bonds is 3. The number of nitrogens with one attached hydrogen (secondary N) is 2. The molecule has 0 bridgehead atoms. The van der Waals surface area contributed by atoms with Crippen molar-refractivity contribution in [3.63, 3.8) is 0 Å². The third-order valence-electron chi connectivity index (χ3n) is 4.63. The molecule has 0 saturated heterocycles. The molecule has 4 rings (SSSR count). The van der Waals surface area contributed by atoms with Gasteiger partial charge in [0, 0.05) is 5.69 Å². The number of aromatic nitrogens is 3. The molecule has 2 aromatic carbocycles. The summed E-state index contributed by atoms with van der Waals surface area (Å²) >= 11 is 6.74. The minimum absolute atomic E-state index is 0.0524. The molecular formula is C19H14ClF4N5OS. The third-order valence-corrected chi connectivity index (χ3v) is 6.17. The number of thioether (sulfide) groups is 1. The number of aryl methyl sites for hydroxylation is 1. The Morgan fingerprint density at radius 3 is 2.58 bits per heavy atom. The van der Waals surface area contributed by atoms with Gasteiger partial charge in [0.2, 0.25) is 11.1 Å². The van der Waals surface area contributed by atoms with Gasteiger partial charge in [0.1, 0.15) is 16.9 Å². The zero-order chi connectivity index (χ0) is 22.3. The molecule has 0 saturated carbocycles. The molecule has 162 valence electrons. The van der Waals surface area contributed by atoms with Gasteiger partial charge in [0.25, 0.3) is 0 Å². The van der Waals surface area contributed by atoms with E-state index in [9.17, 15) is 22.4 Å². The van der Waals surface area contributed by atoms with Gasteiger partial charge in [-0.3, -0.25) is 4.79 Å². The van der Waals surface area contributed by atoms with E-state index in [1.165, 1.54) is 30.3 Å². The Hall–Kier alpha value is -2.79. The first-order valence-corrected chi connectivity index (χ1v) is 10.2. The quantitative estimate of drug-likeness (QED) is 0.537. The van der Waals surface area contributed by atoms with Gasteiger partial charge in [-0.05, 0) is 42.8 Å². The number of anilines is 1. The number of benzene rings is 2. The van der Waals surface area contributed by atoms with Crippen molar-refractivity contribution in [1.29, 1.82) is 0 Å². The van der Waals surface area contributed by atoms with Crippen LogP contribution in [-0.4, -0.2) is 26.0 Å². The maximum atomic E-state index is 13.4. The topological polar surface area (TPSA) is 71.8 Å². The number of alkyl halides is 3. The lowest BCUT2D eigenvalue weighted by molar-refractivity contribution is -0.137. The first-order chi connectivity index (χ1) is 14.6. The van der Waals surface area contributed by atoms with E-state index in [0.29, 0.717) is 16.5 Å². The number of hydrogen-bond acceptors (Lipinski definition) is 5. The molecular weight excluding hydrogens is 458 g/mol. The van der Waals surface area contributed by atoms with E-state index in [0.717, 1.165) is 23.9 Å². The van der Waals surface area contributed by atoms with E-state index in [1.54, 1.807) is 11.6 Å². The van der Waals surface area contributed by atoms with Gasteiger partial charge >= 0.3 is 6.18 Å². The van der Waals surface area contributed by atoms with Crippen LogP contribution in [0.5, 0.6) is 0 Å². The number of carbonyl (C=O) groups is 1. The van der Waals surface area contributed by atoms with E-state index in [2.05, 4.69) is 20.9 Å². The molecule has 0 aliphatic carbocycles. The standard InChI is InChI=1S/C19H14ClF4N5OS/c1-9-26-27-18-29(9)28-15(10-2-4-11(21)5-3-10)16(31-18)17(30)25-12-6-7-14(20)13(8-12)19(22,23)24/h2-8,15-16,28H,1H3,(H,25,30)/t15-,16-/m0/s1. The molecule has 0 fully saturated rings. The lowest BCUT2D eigenvalue weighted by Gasteiger charge is -2.32. The zero-order valence-corrected chi connectivity index (χ0v) is 17.3. The summed E-state index contributed by atoms with van der Waals surface area (Å²) in [4.78, 5) is 13.1. The molecule has 3 aromatic rings. The summed E-state index contributed by atoms with van der Waals surface area (Å²) in [7, 11) is 0. The highest BCUT2D eigenvalue weighted by Gasteiger charge is 2.38. The van der Waals surface area contributed by atoms with Crippen LogP contribution in [0.25, 0.3) is 0 Å². The van der Waals surface area contributed by atoms with Crippen LogP contribution in [0.1, 0.15) is 23.0 Å². The van der Waals surface area contributed by atoms with E-state index < -0.39 is 39.8 Å². The Labute approximate surface area is 183 Å². The molecule has 12 heteroatoms. The van der Waals surface area contributed by atoms with Crippen LogP contribution in [0.3, 0.4) is 0 Å². The SMILES string of the molecule is Cc1nnc2n1N[C@@H](c1ccc(F)cc1)[C@@H](C(=O)Nc1ccc(Cl)c(C(F)(F)F)c1)S2. The number of nitrogens with zero attached hydrogens (tertiary/aromatic N) is 3. The summed E-state index contributed by atoms with van der Waals surface area (Å²) in [5.74, 6) is -0.439. The highest BCUT2D eigenvalue weighted by Crippen LogP contribution is 2.39. The van der Waals surface area contributed by atoms with Crippen molar-refractivity contribution in [2.24, 2.45) is 0 Å². The number of amides is 1. The molecule has 2 heterocycles. The summed E-state index contributed by atoms with van der Waals surface area (Å²) in [6.45, 7) is 1.72. The van der Waals surface area contributed by atoms with Crippen molar-refractivity contribution in [1.82, 2.24) is 14.9 Å². The second-order valence-electron chi connectivity index (χ2n) is 6.74. The van der Waals surface area contributed by atoms with Crippen LogP contribution in [0.15, 0.2) is 47.6 Å². The van der Waals surface area contributed by atoms with Crippen molar-refractivity contribution >= 4 is 35.0 Å². The number of halogens is 5. The van der Waals surface area contributed by atoms with Gasteiger partial charge in [-0.2, -0.15) is 13.2 Å². The number of fused-ring (bicyclic) bond motifs is 1. The summed E-state index contributed by atoms with van der Waals surface area (Å²) < 4.78 is 54.4. The molecule has 0 spiro atoms. The molecule has 1 aromatic heterocycles. The molecule has 1 aliphatic rings. The second kappa shape index (κ2) is 8.04. The summed E-state index contributed by atoms with van der Waals surface area (Å²) in [5, 5.41) is 9.60. The zero-order valence-electron chi connectivity index (χ0n) is 15.7. The molecule has 1 aliphatic heterocycles. The van der Waals surface area contributed by atoms with Gasteiger partial charge in [-0.1, -0.05) is 35.5 Å².